The summed E-state index contributed by atoms with van der Waals surface area (Å²) in [4.78, 5) is 0. The van der Waals surface area contributed by atoms with E-state index in [-0.39, 0.29) is 0 Å². The number of ether oxygens (including phenoxy) is 2. The Hall–Kier alpha value is -1.06. The van der Waals surface area contributed by atoms with Crippen LogP contribution in [0.4, 0.5) is 0 Å². The van der Waals surface area contributed by atoms with Crippen molar-refractivity contribution in [2.75, 3.05) is 20.3 Å². The second-order valence-electron chi connectivity index (χ2n) is 5.74. The Kier molecular flexibility index (Phi) is 3.76. The number of hydrogen-bond acceptors (Lipinski definition) is 3. The van der Waals surface area contributed by atoms with Crippen molar-refractivity contribution in [1.29, 1.82) is 0 Å². The largest absolute Gasteiger partial charge is 0.497 e. The lowest BCUT2D eigenvalue weighted by Gasteiger charge is -2.24. The number of nitrogens with one attached hydrogen (secondary N) is 1. The van der Waals surface area contributed by atoms with Crippen molar-refractivity contribution in [3.63, 3.8) is 0 Å². The van der Waals surface area contributed by atoms with Crippen molar-refractivity contribution in [2.24, 2.45) is 5.92 Å². The summed E-state index contributed by atoms with van der Waals surface area (Å²) in [5, 5.41) is 3.79. The van der Waals surface area contributed by atoms with Gasteiger partial charge in [0.15, 0.2) is 0 Å². The van der Waals surface area contributed by atoms with Gasteiger partial charge in [-0.1, -0.05) is 6.07 Å². The van der Waals surface area contributed by atoms with Gasteiger partial charge in [-0.2, -0.15) is 0 Å². The Morgan fingerprint density at radius 2 is 2.26 bits per heavy atom. The third-order valence-electron chi connectivity index (χ3n) is 4.57. The number of rotatable bonds is 4. The molecule has 1 aromatic carbocycles. The van der Waals surface area contributed by atoms with Gasteiger partial charge >= 0.3 is 0 Å². The highest BCUT2D eigenvalue weighted by Gasteiger charge is 2.28. The first-order valence-corrected chi connectivity index (χ1v) is 7.28. The van der Waals surface area contributed by atoms with Gasteiger partial charge in [0.25, 0.3) is 0 Å². The molecule has 104 valence electrons. The van der Waals surface area contributed by atoms with Crippen molar-refractivity contribution in [3.8, 4) is 5.75 Å². The average molecular weight is 261 g/mol. The molecule has 0 aromatic heterocycles. The summed E-state index contributed by atoms with van der Waals surface area (Å²) in [5.41, 5.74) is 2.89. The number of benzene rings is 1. The molecule has 3 rings (SSSR count). The van der Waals surface area contributed by atoms with Crippen LogP contribution in [-0.4, -0.2) is 26.4 Å². The maximum atomic E-state index is 5.49. The zero-order valence-corrected chi connectivity index (χ0v) is 11.8. The van der Waals surface area contributed by atoms with Gasteiger partial charge in [-0.3, -0.25) is 0 Å². The zero-order valence-electron chi connectivity index (χ0n) is 11.8. The van der Waals surface area contributed by atoms with Gasteiger partial charge in [0.05, 0.1) is 13.7 Å². The Morgan fingerprint density at radius 3 is 3.00 bits per heavy atom. The summed E-state index contributed by atoms with van der Waals surface area (Å²) >= 11 is 0. The Morgan fingerprint density at radius 1 is 1.37 bits per heavy atom. The highest BCUT2D eigenvalue weighted by molar-refractivity contribution is 5.40. The first kappa shape index (κ1) is 12.9. The summed E-state index contributed by atoms with van der Waals surface area (Å²) in [5.74, 6) is 1.62. The standard InChI is InChI=1S/C16H23NO2/c1-11(13-7-8-19-10-13)17-16-6-4-12-3-5-14(18-2)9-15(12)16/h3,5,9,11,13,16-17H,4,6-8,10H2,1-2H3. The van der Waals surface area contributed by atoms with E-state index in [1.54, 1.807) is 7.11 Å². The van der Waals surface area contributed by atoms with E-state index in [0.29, 0.717) is 18.0 Å². The van der Waals surface area contributed by atoms with E-state index in [2.05, 4.69) is 30.4 Å². The molecule has 1 aliphatic carbocycles. The van der Waals surface area contributed by atoms with E-state index in [1.807, 2.05) is 0 Å². The molecule has 1 saturated heterocycles. The molecule has 0 saturated carbocycles. The highest BCUT2D eigenvalue weighted by atomic mass is 16.5. The number of methoxy groups -OCH3 is 1. The Labute approximate surface area is 115 Å². The molecule has 0 bridgehead atoms. The fourth-order valence-corrected chi connectivity index (χ4v) is 3.28. The number of aryl methyl sites for hydroxylation is 1. The molecular formula is C16H23NO2. The van der Waals surface area contributed by atoms with Crippen LogP contribution in [0.3, 0.4) is 0 Å². The first-order valence-electron chi connectivity index (χ1n) is 7.28. The molecule has 19 heavy (non-hydrogen) atoms. The molecule has 1 heterocycles. The number of hydrogen-bond donors (Lipinski definition) is 1. The van der Waals surface area contributed by atoms with Gasteiger partial charge in [0.1, 0.15) is 5.75 Å². The summed E-state index contributed by atoms with van der Waals surface area (Å²) in [6, 6.07) is 7.46. The molecular weight excluding hydrogens is 238 g/mol. The second-order valence-corrected chi connectivity index (χ2v) is 5.74. The van der Waals surface area contributed by atoms with Crippen LogP contribution in [0.5, 0.6) is 5.75 Å². The van der Waals surface area contributed by atoms with Crippen LogP contribution in [0.1, 0.15) is 36.9 Å². The maximum absolute atomic E-state index is 5.49. The lowest BCUT2D eigenvalue weighted by atomic mass is 9.98. The zero-order chi connectivity index (χ0) is 13.2. The Balaban J connectivity index is 1.70. The second kappa shape index (κ2) is 5.51. The van der Waals surface area contributed by atoms with E-state index >= 15 is 0 Å². The summed E-state index contributed by atoms with van der Waals surface area (Å²) < 4.78 is 10.8. The molecule has 1 fully saturated rings. The monoisotopic (exact) mass is 261 g/mol. The molecule has 3 unspecified atom stereocenters. The molecule has 3 atom stereocenters. The van der Waals surface area contributed by atoms with Crippen molar-refractivity contribution < 1.29 is 9.47 Å². The van der Waals surface area contributed by atoms with Crippen LogP contribution in [0, 0.1) is 5.92 Å². The smallest absolute Gasteiger partial charge is 0.119 e. The molecule has 0 spiro atoms. The minimum Gasteiger partial charge on any atom is -0.497 e. The van der Waals surface area contributed by atoms with Crippen LogP contribution in [-0.2, 0) is 11.2 Å². The molecule has 3 heteroatoms. The third kappa shape index (κ3) is 2.63. The summed E-state index contributed by atoms with van der Waals surface area (Å²) in [6.07, 6.45) is 3.55. The quantitative estimate of drug-likeness (QED) is 0.904. The molecule has 0 amide bonds. The molecule has 3 nitrogen and oxygen atoms in total. The van der Waals surface area contributed by atoms with Gasteiger partial charge in [-0.25, -0.2) is 0 Å². The van der Waals surface area contributed by atoms with Crippen LogP contribution in [0.2, 0.25) is 0 Å². The lowest BCUT2D eigenvalue weighted by molar-refractivity contribution is 0.176. The predicted octanol–water partition coefficient (Wildman–Crippen LogP) is 2.70. The average Bonchev–Trinajstić information content (AvgIpc) is 3.08. The minimum absolute atomic E-state index is 0.473. The normalized spacial score (nSPS) is 27.3. The molecule has 2 aliphatic rings. The fraction of sp³-hybridized carbons (Fsp3) is 0.625. The third-order valence-corrected chi connectivity index (χ3v) is 4.57. The van der Waals surface area contributed by atoms with Gasteiger partial charge < -0.3 is 14.8 Å². The van der Waals surface area contributed by atoms with Crippen molar-refractivity contribution in [1.82, 2.24) is 5.32 Å². The van der Waals surface area contributed by atoms with Gasteiger partial charge in [-0.15, -0.1) is 0 Å². The van der Waals surface area contributed by atoms with E-state index in [9.17, 15) is 0 Å². The SMILES string of the molecule is COc1ccc2c(c1)C(NC(C)C1CCOC1)CC2. The molecule has 1 N–H and O–H groups in total. The number of fused-ring (bicyclic) bond motifs is 1. The predicted molar refractivity (Wildman–Crippen MR) is 75.6 cm³/mol. The van der Waals surface area contributed by atoms with Gasteiger partial charge in [0, 0.05) is 18.7 Å². The maximum Gasteiger partial charge on any atom is 0.119 e. The lowest BCUT2D eigenvalue weighted by Crippen LogP contribution is -2.36. The van der Waals surface area contributed by atoms with Crippen LogP contribution in [0.15, 0.2) is 18.2 Å². The van der Waals surface area contributed by atoms with Crippen molar-refractivity contribution in [2.45, 2.75) is 38.3 Å². The summed E-state index contributed by atoms with van der Waals surface area (Å²) in [7, 11) is 1.73. The topological polar surface area (TPSA) is 30.5 Å². The summed E-state index contributed by atoms with van der Waals surface area (Å²) in [6.45, 7) is 4.12. The minimum atomic E-state index is 0.473. The van der Waals surface area contributed by atoms with Crippen LogP contribution >= 0.6 is 0 Å². The Bertz CT molecular complexity index is 440. The highest BCUT2D eigenvalue weighted by Crippen LogP contribution is 2.34. The molecule has 0 radical (unpaired) electrons. The van der Waals surface area contributed by atoms with Crippen LogP contribution in [0.25, 0.3) is 0 Å². The van der Waals surface area contributed by atoms with E-state index < -0.39 is 0 Å². The van der Waals surface area contributed by atoms with Crippen molar-refractivity contribution >= 4 is 0 Å². The van der Waals surface area contributed by atoms with E-state index in [4.69, 9.17) is 9.47 Å². The van der Waals surface area contributed by atoms with Gasteiger partial charge in [-0.05, 0) is 55.4 Å². The first-order chi connectivity index (χ1) is 9.28. The van der Waals surface area contributed by atoms with E-state index in [0.717, 1.165) is 19.0 Å². The fourth-order valence-electron chi connectivity index (χ4n) is 3.28. The van der Waals surface area contributed by atoms with Gasteiger partial charge in [0.2, 0.25) is 0 Å². The van der Waals surface area contributed by atoms with E-state index in [1.165, 1.54) is 30.4 Å². The van der Waals surface area contributed by atoms with Crippen LogP contribution < -0.4 is 10.1 Å². The van der Waals surface area contributed by atoms with Crippen molar-refractivity contribution in [3.05, 3.63) is 29.3 Å². The molecule has 1 aliphatic heterocycles. The molecule has 1 aromatic rings.